The highest BCUT2D eigenvalue weighted by Crippen LogP contribution is 2.16. The summed E-state index contributed by atoms with van der Waals surface area (Å²) in [6.45, 7) is 3.37. The lowest BCUT2D eigenvalue weighted by atomic mass is 10.2. The molecule has 0 aromatic heterocycles. The fraction of sp³-hybridized carbons (Fsp3) is 0.571. The molecule has 1 N–H and O–H groups in total. The van der Waals surface area contributed by atoms with Crippen molar-refractivity contribution in [3.63, 3.8) is 0 Å². The predicted molar refractivity (Wildman–Crippen MR) is 89.2 cm³/mol. The molecule has 1 aromatic rings. The molecule has 0 unspecified atom stereocenters. The summed E-state index contributed by atoms with van der Waals surface area (Å²) in [6.07, 6.45) is 0. The fourth-order valence-electron chi connectivity index (χ4n) is 2.49. The molecular formula is C14H22FN3O4S2. The van der Waals surface area contributed by atoms with E-state index in [1.807, 2.05) is 11.9 Å². The molecule has 1 saturated heterocycles. The smallest absolute Gasteiger partial charge is 0.240 e. The van der Waals surface area contributed by atoms with Gasteiger partial charge >= 0.3 is 0 Å². The number of nitrogens with one attached hydrogen (secondary N) is 1. The third kappa shape index (κ3) is 4.73. The van der Waals surface area contributed by atoms with Crippen LogP contribution in [0.5, 0.6) is 0 Å². The van der Waals surface area contributed by atoms with Crippen molar-refractivity contribution in [3.05, 3.63) is 29.6 Å². The lowest BCUT2D eigenvalue weighted by Crippen LogP contribution is -2.48. The minimum absolute atomic E-state index is 0.0547. The van der Waals surface area contributed by atoms with Crippen LogP contribution in [0, 0.1) is 12.7 Å². The molecule has 0 bridgehead atoms. The maximum absolute atomic E-state index is 13.1. The van der Waals surface area contributed by atoms with Crippen LogP contribution in [-0.2, 0) is 20.0 Å². The van der Waals surface area contributed by atoms with E-state index in [9.17, 15) is 21.2 Å². The van der Waals surface area contributed by atoms with Crippen molar-refractivity contribution in [1.29, 1.82) is 0 Å². The summed E-state index contributed by atoms with van der Waals surface area (Å²) in [5.74, 6) is -0.833. The Bertz CT molecular complexity index is 788. The van der Waals surface area contributed by atoms with E-state index in [0.29, 0.717) is 26.2 Å². The van der Waals surface area contributed by atoms with Gasteiger partial charge in [-0.3, -0.25) is 0 Å². The third-order valence-corrected chi connectivity index (χ3v) is 7.43. The second-order valence-electron chi connectivity index (χ2n) is 5.83. The maximum atomic E-state index is 13.1. The van der Waals surface area contributed by atoms with Crippen LogP contribution in [-0.4, -0.2) is 71.6 Å². The van der Waals surface area contributed by atoms with E-state index >= 15 is 0 Å². The van der Waals surface area contributed by atoms with E-state index in [1.54, 1.807) is 0 Å². The van der Waals surface area contributed by atoms with Gasteiger partial charge in [-0.25, -0.2) is 25.9 Å². The summed E-state index contributed by atoms with van der Waals surface area (Å²) in [6, 6.07) is 3.35. The lowest BCUT2D eigenvalue weighted by molar-refractivity contribution is 0.222. The number of likely N-dealkylation sites (N-methyl/N-ethyl adjacent to an activating group) is 1. The summed E-state index contributed by atoms with van der Waals surface area (Å²) in [4.78, 5) is 1.98. The highest BCUT2D eigenvalue weighted by atomic mass is 32.2. The van der Waals surface area contributed by atoms with Crippen LogP contribution in [0.15, 0.2) is 23.1 Å². The number of hydrogen-bond acceptors (Lipinski definition) is 5. The van der Waals surface area contributed by atoms with Gasteiger partial charge in [-0.15, -0.1) is 0 Å². The molecule has 1 aliphatic heterocycles. The van der Waals surface area contributed by atoms with Crippen LogP contribution in [0.4, 0.5) is 4.39 Å². The van der Waals surface area contributed by atoms with Gasteiger partial charge in [0.1, 0.15) is 5.82 Å². The molecule has 2 rings (SSSR count). The first-order chi connectivity index (χ1) is 11.1. The molecule has 136 valence electrons. The van der Waals surface area contributed by atoms with Crippen LogP contribution in [0.2, 0.25) is 0 Å². The Kier molecular flexibility index (Phi) is 5.97. The Balaban J connectivity index is 1.97. The highest BCUT2D eigenvalue weighted by Gasteiger charge is 2.26. The first kappa shape index (κ1) is 19.3. The molecule has 0 spiro atoms. The molecule has 10 heteroatoms. The Labute approximate surface area is 142 Å². The van der Waals surface area contributed by atoms with Crippen LogP contribution in [0.25, 0.3) is 0 Å². The minimum Gasteiger partial charge on any atom is -0.304 e. The first-order valence-corrected chi connectivity index (χ1v) is 10.6. The molecule has 24 heavy (non-hydrogen) atoms. The second-order valence-corrected chi connectivity index (χ2v) is 9.65. The molecule has 1 aliphatic rings. The Hall–Kier alpha value is -1.07. The van der Waals surface area contributed by atoms with E-state index < -0.39 is 25.9 Å². The number of benzene rings is 1. The van der Waals surface area contributed by atoms with Gasteiger partial charge in [0.05, 0.1) is 10.6 Å². The van der Waals surface area contributed by atoms with Crippen LogP contribution in [0.1, 0.15) is 5.56 Å². The average molecular weight is 379 g/mol. The zero-order chi connectivity index (χ0) is 18.0. The number of aryl methyl sites for hydroxylation is 1. The second kappa shape index (κ2) is 7.44. The molecule has 0 amide bonds. The van der Waals surface area contributed by atoms with Gasteiger partial charge in [-0.1, -0.05) is 0 Å². The summed E-state index contributed by atoms with van der Waals surface area (Å²) in [5.41, 5.74) is 0.268. The zero-order valence-corrected chi connectivity index (χ0v) is 15.3. The zero-order valence-electron chi connectivity index (χ0n) is 13.7. The Morgan fingerprint density at radius 1 is 1.12 bits per heavy atom. The first-order valence-electron chi connectivity index (χ1n) is 7.54. The van der Waals surface area contributed by atoms with E-state index in [0.717, 1.165) is 12.1 Å². The maximum Gasteiger partial charge on any atom is 0.240 e. The van der Waals surface area contributed by atoms with E-state index in [4.69, 9.17) is 0 Å². The molecular weight excluding hydrogens is 357 g/mol. The Morgan fingerprint density at radius 2 is 1.75 bits per heavy atom. The summed E-state index contributed by atoms with van der Waals surface area (Å²) in [5, 5.41) is 0. The van der Waals surface area contributed by atoms with Crippen molar-refractivity contribution in [2.45, 2.75) is 11.8 Å². The highest BCUT2D eigenvalue weighted by molar-refractivity contribution is 7.90. The molecule has 0 saturated carbocycles. The predicted octanol–water partition coefficient (Wildman–Crippen LogP) is -0.0104. The third-order valence-electron chi connectivity index (χ3n) is 3.93. The quantitative estimate of drug-likeness (QED) is 0.751. The molecule has 0 radical (unpaired) electrons. The Morgan fingerprint density at radius 3 is 2.33 bits per heavy atom. The molecule has 7 nitrogen and oxygen atoms in total. The van der Waals surface area contributed by atoms with Crippen LogP contribution >= 0.6 is 0 Å². The normalized spacial score (nSPS) is 18.0. The van der Waals surface area contributed by atoms with Crippen LogP contribution in [0.3, 0.4) is 0 Å². The minimum atomic E-state index is -3.88. The van der Waals surface area contributed by atoms with Gasteiger partial charge in [-0.05, 0) is 37.7 Å². The molecule has 0 aliphatic carbocycles. The number of sulfonamides is 2. The van der Waals surface area contributed by atoms with Gasteiger partial charge in [0.25, 0.3) is 0 Å². The topological polar surface area (TPSA) is 86.8 Å². The number of hydrogen-bond donors (Lipinski definition) is 1. The average Bonchev–Trinajstić information content (AvgIpc) is 2.46. The summed E-state index contributed by atoms with van der Waals surface area (Å²) in [7, 11) is -5.47. The van der Waals surface area contributed by atoms with Gasteiger partial charge in [0.2, 0.25) is 20.0 Å². The van der Waals surface area contributed by atoms with Crippen molar-refractivity contribution < 1.29 is 21.2 Å². The standard InChI is InChI=1S/C14H22FN3O4S2/c1-12-11-13(15)3-4-14(12)24(21,22)16-5-10-23(19,20)18-8-6-17(2)7-9-18/h3-4,11,16H,5-10H2,1-2H3. The number of piperazine rings is 1. The SMILES string of the molecule is Cc1cc(F)ccc1S(=O)(=O)NCCS(=O)(=O)N1CCN(C)CC1. The summed E-state index contributed by atoms with van der Waals surface area (Å²) >= 11 is 0. The van der Waals surface area contributed by atoms with Crippen molar-refractivity contribution in [3.8, 4) is 0 Å². The molecule has 1 aromatic carbocycles. The van der Waals surface area contributed by atoms with Crippen molar-refractivity contribution in [2.75, 3.05) is 45.5 Å². The molecule has 1 fully saturated rings. The van der Waals surface area contributed by atoms with Crippen molar-refractivity contribution in [1.82, 2.24) is 13.9 Å². The summed E-state index contributed by atoms with van der Waals surface area (Å²) < 4.78 is 65.7. The van der Waals surface area contributed by atoms with Crippen LogP contribution < -0.4 is 4.72 Å². The number of halogens is 1. The van der Waals surface area contributed by atoms with Gasteiger partial charge in [0.15, 0.2) is 0 Å². The van der Waals surface area contributed by atoms with Crippen molar-refractivity contribution in [2.24, 2.45) is 0 Å². The van der Waals surface area contributed by atoms with Crippen molar-refractivity contribution >= 4 is 20.0 Å². The lowest BCUT2D eigenvalue weighted by Gasteiger charge is -2.31. The number of rotatable bonds is 6. The fourth-order valence-corrected chi connectivity index (χ4v) is 5.22. The van der Waals surface area contributed by atoms with E-state index in [-0.39, 0.29) is 22.8 Å². The van der Waals surface area contributed by atoms with Gasteiger partial charge in [-0.2, -0.15) is 4.31 Å². The van der Waals surface area contributed by atoms with E-state index in [1.165, 1.54) is 17.3 Å². The number of nitrogens with zero attached hydrogens (tertiary/aromatic N) is 2. The molecule has 1 heterocycles. The molecule has 0 atom stereocenters. The van der Waals surface area contributed by atoms with Gasteiger partial charge in [0, 0.05) is 32.7 Å². The van der Waals surface area contributed by atoms with Gasteiger partial charge < -0.3 is 4.90 Å². The van der Waals surface area contributed by atoms with E-state index in [2.05, 4.69) is 4.72 Å². The monoisotopic (exact) mass is 379 g/mol. The largest absolute Gasteiger partial charge is 0.304 e.